The van der Waals surface area contributed by atoms with Crippen LogP contribution in [0.15, 0.2) is 11.1 Å². The lowest BCUT2D eigenvalue weighted by atomic mass is 10.3. The number of rotatable bonds is 3. The lowest BCUT2D eigenvalue weighted by Crippen LogP contribution is -2.14. The minimum atomic E-state index is -3.63. The Morgan fingerprint density at radius 2 is 2.00 bits per heavy atom. The average molecular weight is 269 g/mol. The highest BCUT2D eigenvalue weighted by molar-refractivity contribution is 7.92. The fourth-order valence-corrected chi connectivity index (χ4v) is 3.04. The van der Waals surface area contributed by atoms with Gasteiger partial charge in [0.05, 0.1) is 29.0 Å². The third kappa shape index (κ3) is 1.99. The van der Waals surface area contributed by atoms with Crippen molar-refractivity contribution in [1.29, 1.82) is 0 Å². The minimum Gasteiger partial charge on any atom is -0.281 e. The van der Waals surface area contributed by atoms with Crippen molar-refractivity contribution in [3.8, 4) is 0 Å². The van der Waals surface area contributed by atoms with Gasteiger partial charge in [-0.05, 0) is 20.8 Å². The van der Waals surface area contributed by atoms with E-state index in [4.69, 9.17) is 0 Å². The van der Waals surface area contributed by atoms with Crippen LogP contribution in [0.2, 0.25) is 0 Å². The molecule has 0 spiro atoms. The molecule has 2 aromatic rings. The third-order valence-corrected chi connectivity index (χ3v) is 4.28. The summed E-state index contributed by atoms with van der Waals surface area (Å²) < 4.78 is 28.6. The lowest BCUT2D eigenvalue weighted by Gasteiger charge is -2.07. The molecule has 7 nitrogen and oxygen atoms in total. The molecule has 0 aliphatic heterocycles. The van der Waals surface area contributed by atoms with E-state index in [9.17, 15) is 8.42 Å². The Labute approximate surface area is 105 Å². The zero-order valence-electron chi connectivity index (χ0n) is 10.6. The standard InChI is InChI=1S/C10H15N5O2S/c1-6-9(5-11-12-6)18(16,17)14-10-7(2)13-15(4)8(10)3/h5,14H,1-4H3,(H,11,12). The largest absolute Gasteiger partial charge is 0.281 e. The van der Waals surface area contributed by atoms with Crippen molar-refractivity contribution < 1.29 is 8.42 Å². The zero-order valence-corrected chi connectivity index (χ0v) is 11.5. The van der Waals surface area contributed by atoms with E-state index in [1.165, 1.54) is 6.20 Å². The Morgan fingerprint density at radius 1 is 1.33 bits per heavy atom. The average Bonchev–Trinajstić information content (AvgIpc) is 2.79. The van der Waals surface area contributed by atoms with Gasteiger partial charge in [-0.25, -0.2) is 8.42 Å². The van der Waals surface area contributed by atoms with Crippen molar-refractivity contribution in [2.75, 3.05) is 4.72 Å². The molecule has 2 N–H and O–H groups in total. The van der Waals surface area contributed by atoms with Crippen molar-refractivity contribution in [2.45, 2.75) is 25.7 Å². The van der Waals surface area contributed by atoms with Crippen LogP contribution in [0.25, 0.3) is 0 Å². The second-order valence-corrected chi connectivity index (χ2v) is 5.79. The molecule has 2 rings (SSSR count). The summed E-state index contributed by atoms with van der Waals surface area (Å²) in [5.74, 6) is 0. The van der Waals surface area contributed by atoms with Gasteiger partial charge in [0, 0.05) is 7.05 Å². The van der Waals surface area contributed by atoms with Crippen molar-refractivity contribution in [2.24, 2.45) is 7.05 Å². The summed E-state index contributed by atoms with van der Waals surface area (Å²) in [6.07, 6.45) is 1.29. The first-order valence-corrected chi connectivity index (χ1v) is 6.84. The maximum atomic E-state index is 12.2. The van der Waals surface area contributed by atoms with E-state index in [2.05, 4.69) is 20.0 Å². The van der Waals surface area contributed by atoms with Gasteiger partial charge in [0.2, 0.25) is 0 Å². The highest BCUT2D eigenvalue weighted by Gasteiger charge is 2.22. The van der Waals surface area contributed by atoms with Gasteiger partial charge in [-0.15, -0.1) is 0 Å². The van der Waals surface area contributed by atoms with E-state index in [0.29, 0.717) is 17.1 Å². The Kier molecular flexibility index (Phi) is 2.89. The van der Waals surface area contributed by atoms with Gasteiger partial charge in [0.25, 0.3) is 10.0 Å². The fraction of sp³-hybridized carbons (Fsp3) is 0.400. The first-order valence-electron chi connectivity index (χ1n) is 5.36. The van der Waals surface area contributed by atoms with Crippen LogP contribution in [0, 0.1) is 20.8 Å². The Balaban J connectivity index is 2.43. The summed E-state index contributed by atoms with van der Waals surface area (Å²) >= 11 is 0. The van der Waals surface area contributed by atoms with Crippen molar-refractivity contribution in [3.63, 3.8) is 0 Å². The number of nitrogens with one attached hydrogen (secondary N) is 2. The molecular formula is C10H15N5O2S. The molecule has 0 saturated heterocycles. The van der Waals surface area contributed by atoms with Crippen LogP contribution >= 0.6 is 0 Å². The molecule has 0 radical (unpaired) electrons. The van der Waals surface area contributed by atoms with Crippen LogP contribution in [-0.2, 0) is 17.1 Å². The number of anilines is 1. The number of H-pyrrole nitrogens is 1. The number of aromatic amines is 1. The SMILES string of the molecule is Cc1nn(C)c(C)c1NS(=O)(=O)c1cn[nH]c1C. The molecule has 0 saturated carbocycles. The molecule has 2 aromatic heterocycles. The van der Waals surface area contributed by atoms with Crippen LogP contribution in [0.4, 0.5) is 5.69 Å². The molecule has 0 bridgehead atoms. The van der Waals surface area contributed by atoms with Crippen LogP contribution in [0.1, 0.15) is 17.1 Å². The molecule has 2 heterocycles. The van der Waals surface area contributed by atoms with Crippen LogP contribution in [0.3, 0.4) is 0 Å². The normalized spacial score (nSPS) is 11.8. The molecule has 98 valence electrons. The van der Waals surface area contributed by atoms with E-state index in [1.54, 1.807) is 32.5 Å². The number of aryl methyl sites for hydroxylation is 3. The Morgan fingerprint density at radius 3 is 2.44 bits per heavy atom. The summed E-state index contributed by atoms with van der Waals surface area (Å²) in [5, 5.41) is 10.5. The highest BCUT2D eigenvalue weighted by atomic mass is 32.2. The van der Waals surface area contributed by atoms with E-state index < -0.39 is 10.0 Å². The van der Waals surface area contributed by atoms with Crippen molar-refractivity contribution in [1.82, 2.24) is 20.0 Å². The second-order valence-electron chi connectivity index (χ2n) is 4.13. The first kappa shape index (κ1) is 12.6. The molecule has 0 aliphatic rings. The summed E-state index contributed by atoms with van der Waals surface area (Å²) in [5.41, 5.74) is 2.41. The smallest absolute Gasteiger partial charge is 0.265 e. The number of hydrogen-bond donors (Lipinski definition) is 2. The number of aromatic nitrogens is 4. The monoisotopic (exact) mass is 269 g/mol. The van der Waals surface area contributed by atoms with E-state index in [1.807, 2.05) is 0 Å². The number of sulfonamides is 1. The van der Waals surface area contributed by atoms with Gasteiger partial charge in [0.1, 0.15) is 4.90 Å². The maximum absolute atomic E-state index is 12.2. The van der Waals surface area contributed by atoms with Gasteiger partial charge < -0.3 is 0 Å². The predicted octanol–water partition coefficient (Wildman–Crippen LogP) is 0.869. The van der Waals surface area contributed by atoms with Crippen LogP contribution in [-0.4, -0.2) is 28.4 Å². The summed E-state index contributed by atoms with van der Waals surface area (Å²) in [4.78, 5) is 0.144. The minimum absolute atomic E-state index is 0.144. The highest BCUT2D eigenvalue weighted by Crippen LogP contribution is 2.23. The number of nitrogens with zero attached hydrogens (tertiary/aromatic N) is 3. The van der Waals surface area contributed by atoms with Crippen LogP contribution < -0.4 is 4.72 Å². The van der Waals surface area contributed by atoms with Gasteiger partial charge in [0.15, 0.2) is 0 Å². The molecule has 0 amide bonds. The zero-order chi connectivity index (χ0) is 13.5. The second kappa shape index (κ2) is 4.13. The third-order valence-electron chi connectivity index (χ3n) is 2.82. The summed E-state index contributed by atoms with van der Waals surface area (Å²) in [6, 6.07) is 0. The molecule has 0 aromatic carbocycles. The van der Waals surface area contributed by atoms with Crippen LogP contribution in [0.5, 0.6) is 0 Å². The molecule has 0 atom stereocenters. The summed E-state index contributed by atoms with van der Waals surface area (Å²) in [6.45, 7) is 5.22. The fourth-order valence-electron chi connectivity index (χ4n) is 1.72. The molecule has 18 heavy (non-hydrogen) atoms. The van der Waals surface area contributed by atoms with Gasteiger partial charge in [-0.1, -0.05) is 0 Å². The topological polar surface area (TPSA) is 92.7 Å². The molecular weight excluding hydrogens is 254 g/mol. The van der Waals surface area contributed by atoms with Gasteiger partial charge in [-0.3, -0.25) is 14.5 Å². The van der Waals surface area contributed by atoms with Crippen molar-refractivity contribution >= 4 is 15.7 Å². The van der Waals surface area contributed by atoms with E-state index in [-0.39, 0.29) is 4.90 Å². The predicted molar refractivity (Wildman–Crippen MR) is 66.8 cm³/mol. The Bertz CT molecular complexity index is 683. The summed E-state index contributed by atoms with van der Waals surface area (Å²) in [7, 11) is -1.86. The molecule has 0 fully saturated rings. The van der Waals surface area contributed by atoms with E-state index in [0.717, 1.165) is 5.69 Å². The maximum Gasteiger partial charge on any atom is 0.265 e. The molecule has 0 aliphatic carbocycles. The number of hydrogen-bond acceptors (Lipinski definition) is 4. The van der Waals surface area contributed by atoms with Gasteiger partial charge >= 0.3 is 0 Å². The van der Waals surface area contributed by atoms with Gasteiger partial charge in [-0.2, -0.15) is 10.2 Å². The molecule has 8 heteroatoms. The lowest BCUT2D eigenvalue weighted by molar-refractivity contribution is 0.600. The quantitative estimate of drug-likeness (QED) is 0.864. The first-order chi connectivity index (χ1) is 8.33. The van der Waals surface area contributed by atoms with E-state index >= 15 is 0 Å². The molecule has 0 unspecified atom stereocenters. The Hall–Kier alpha value is -1.83. The van der Waals surface area contributed by atoms with Crippen molar-refractivity contribution in [3.05, 3.63) is 23.3 Å².